The van der Waals surface area contributed by atoms with Crippen LogP contribution in [0.4, 0.5) is 0 Å². The number of amides is 1. The van der Waals surface area contributed by atoms with Crippen LogP contribution in [0, 0.1) is 5.92 Å². The zero-order valence-electron chi connectivity index (χ0n) is 14.2. The highest BCUT2D eigenvalue weighted by Crippen LogP contribution is 2.26. The maximum Gasteiger partial charge on any atom is 0.220 e. The third-order valence-electron chi connectivity index (χ3n) is 4.69. The monoisotopic (exact) mass is 353 g/mol. The van der Waals surface area contributed by atoms with E-state index >= 15 is 0 Å². The van der Waals surface area contributed by atoms with Gasteiger partial charge in [0.2, 0.25) is 5.91 Å². The number of aliphatic hydroxyl groups excluding tert-OH is 1. The summed E-state index contributed by atoms with van der Waals surface area (Å²) in [5.74, 6) is 0.222. The third-order valence-corrected chi connectivity index (χ3v) is 5.82. The molecule has 6 heteroatoms. The molecule has 1 unspecified atom stereocenters. The minimum Gasteiger partial charge on any atom is -0.391 e. The van der Waals surface area contributed by atoms with Gasteiger partial charge < -0.3 is 10.4 Å². The van der Waals surface area contributed by atoms with Gasteiger partial charge in [-0.05, 0) is 42.9 Å². The molecule has 2 rings (SSSR count). The molecule has 0 heterocycles. The third kappa shape index (κ3) is 5.91. The summed E-state index contributed by atoms with van der Waals surface area (Å²) in [5.41, 5.74) is 0.922. The highest BCUT2D eigenvalue weighted by atomic mass is 32.2. The molecule has 1 aliphatic rings. The summed E-state index contributed by atoms with van der Waals surface area (Å²) in [5, 5.41) is 12.9. The van der Waals surface area contributed by atoms with Crippen molar-refractivity contribution in [2.45, 2.75) is 55.9 Å². The summed E-state index contributed by atoms with van der Waals surface area (Å²) >= 11 is 0. The van der Waals surface area contributed by atoms with E-state index in [-0.39, 0.29) is 10.8 Å². The van der Waals surface area contributed by atoms with E-state index < -0.39 is 15.9 Å². The van der Waals surface area contributed by atoms with Gasteiger partial charge in [-0.1, -0.05) is 31.4 Å². The second kappa shape index (κ2) is 8.62. The molecule has 0 bridgehead atoms. The average molecular weight is 353 g/mol. The van der Waals surface area contributed by atoms with E-state index in [1.54, 1.807) is 24.3 Å². The zero-order valence-corrected chi connectivity index (χ0v) is 15.0. The standard InChI is InChI=1S/C18H27NO4S/c1-24(22,23)16-10-7-14(8-11-16)9-12-18(21)19-13-17(20)15-5-3-2-4-6-15/h7-8,10-11,15,17,20H,2-6,9,12-13H2,1H3,(H,19,21). The molecule has 0 spiro atoms. The van der Waals surface area contributed by atoms with Crippen molar-refractivity contribution < 1.29 is 18.3 Å². The summed E-state index contributed by atoms with van der Waals surface area (Å²) in [7, 11) is -3.19. The Bertz CT molecular complexity index is 633. The molecule has 1 amide bonds. The molecule has 0 aromatic heterocycles. The summed E-state index contributed by atoms with van der Waals surface area (Å²) in [6.45, 7) is 0.316. The van der Waals surface area contributed by atoms with Crippen molar-refractivity contribution in [3.05, 3.63) is 29.8 Å². The van der Waals surface area contributed by atoms with Crippen molar-refractivity contribution in [1.82, 2.24) is 5.32 Å². The molecular formula is C18H27NO4S. The molecule has 2 N–H and O–H groups in total. The fraction of sp³-hybridized carbons (Fsp3) is 0.611. The van der Waals surface area contributed by atoms with E-state index in [0.29, 0.717) is 25.3 Å². The molecule has 1 aliphatic carbocycles. The molecular weight excluding hydrogens is 326 g/mol. The first-order chi connectivity index (χ1) is 11.4. The molecule has 1 fully saturated rings. The lowest BCUT2D eigenvalue weighted by molar-refractivity contribution is -0.121. The number of sulfone groups is 1. The predicted molar refractivity (Wildman–Crippen MR) is 93.5 cm³/mol. The number of rotatable bonds is 7. The second-order valence-corrected chi connectivity index (χ2v) is 8.70. The van der Waals surface area contributed by atoms with Crippen molar-refractivity contribution in [1.29, 1.82) is 0 Å². The van der Waals surface area contributed by atoms with Gasteiger partial charge >= 0.3 is 0 Å². The number of nitrogens with one attached hydrogen (secondary N) is 1. The van der Waals surface area contributed by atoms with Crippen LogP contribution in [0.5, 0.6) is 0 Å². The Kier molecular flexibility index (Phi) is 6.80. The van der Waals surface area contributed by atoms with Gasteiger partial charge in [0, 0.05) is 19.2 Å². The highest BCUT2D eigenvalue weighted by molar-refractivity contribution is 7.90. The first kappa shape index (κ1) is 18.9. The normalized spacial score (nSPS) is 17.4. The number of carbonyl (C=O) groups excluding carboxylic acids is 1. The van der Waals surface area contributed by atoms with Crippen LogP contribution in [-0.4, -0.2) is 38.3 Å². The Labute approximate surface area is 144 Å². The molecule has 0 radical (unpaired) electrons. The topological polar surface area (TPSA) is 83.5 Å². The summed E-state index contributed by atoms with van der Waals surface area (Å²) < 4.78 is 22.8. The SMILES string of the molecule is CS(=O)(=O)c1ccc(CCC(=O)NCC(O)C2CCCCC2)cc1. The van der Waals surface area contributed by atoms with Crippen LogP contribution >= 0.6 is 0 Å². The van der Waals surface area contributed by atoms with Crippen LogP contribution in [0.1, 0.15) is 44.1 Å². The highest BCUT2D eigenvalue weighted by Gasteiger charge is 2.21. The Morgan fingerprint density at radius 3 is 2.42 bits per heavy atom. The van der Waals surface area contributed by atoms with E-state index in [1.807, 2.05) is 0 Å². The Morgan fingerprint density at radius 2 is 1.83 bits per heavy atom. The summed E-state index contributed by atoms with van der Waals surface area (Å²) in [6, 6.07) is 6.60. The minimum atomic E-state index is -3.19. The van der Waals surface area contributed by atoms with Crippen molar-refractivity contribution in [2.24, 2.45) is 5.92 Å². The Hall–Kier alpha value is -1.40. The molecule has 1 aromatic carbocycles. The van der Waals surface area contributed by atoms with Gasteiger partial charge in [-0.15, -0.1) is 0 Å². The van der Waals surface area contributed by atoms with Crippen LogP contribution < -0.4 is 5.32 Å². The molecule has 0 aliphatic heterocycles. The molecule has 1 saturated carbocycles. The molecule has 1 atom stereocenters. The quantitative estimate of drug-likeness (QED) is 0.786. The zero-order chi connectivity index (χ0) is 17.6. The molecule has 1 aromatic rings. The van der Waals surface area contributed by atoms with Crippen LogP contribution in [0.2, 0.25) is 0 Å². The van der Waals surface area contributed by atoms with Gasteiger partial charge in [0.05, 0.1) is 11.0 Å². The number of carbonyl (C=O) groups is 1. The van der Waals surface area contributed by atoms with Gasteiger partial charge in [0.25, 0.3) is 0 Å². The number of hydrogen-bond acceptors (Lipinski definition) is 4. The number of benzene rings is 1. The predicted octanol–water partition coefficient (Wildman–Crippen LogP) is 2.08. The summed E-state index contributed by atoms with van der Waals surface area (Å²) in [6.07, 6.45) is 7.26. The van der Waals surface area contributed by atoms with E-state index in [9.17, 15) is 18.3 Å². The fourth-order valence-electron chi connectivity index (χ4n) is 3.15. The van der Waals surface area contributed by atoms with Crippen LogP contribution in [0.25, 0.3) is 0 Å². The largest absolute Gasteiger partial charge is 0.391 e. The van der Waals surface area contributed by atoms with Crippen LogP contribution in [0.3, 0.4) is 0 Å². The first-order valence-corrected chi connectivity index (χ1v) is 10.5. The van der Waals surface area contributed by atoms with Crippen molar-refractivity contribution in [2.75, 3.05) is 12.8 Å². The molecule has 0 saturated heterocycles. The van der Waals surface area contributed by atoms with Gasteiger partial charge in [0.15, 0.2) is 9.84 Å². The Morgan fingerprint density at radius 1 is 1.21 bits per heavy atom. The van der Waals surface area contributed by atoms with Crippen LogP contribution in [0.15, 0.2) is 29.2 Å². The maximum absolute atomic E-state index is 11.9. The Balaban J connectivity index is 1.72. The van der Waals surface area contributed by atoms with Crippen LogP contribution in [-0.2, 0) is 21.1 Å². The molecule has 134 valence electrons. The lowest BCUT2D eigenvalue weighted by Crippen LogP contribution is -2.37. The maximum atomic E-state index is 11.9. The van der Waals surface area contributed by atoms with E-state index in [0.717, 1.165) is 18.4 Å². The van der Waals surface area contributed by atoms with Crippen molar-refractivity contribution >= 4 is 15.7 Å². The van der Waals surface area contributed by atoms with Gasteiger partial charge in [-0.2, -0.15) is 0 Å². The fourth-order valence-corrected chi connectivity index (χ4v) is 3.78. The van der Waals surface area contributed by atoms with Gasteiger partial charge in [-0.25, -0.2) is 8.42 Å². The number of aryl methyl sites for hydroxylation is 1. The average Bonchev–Trinajstić information content (AvgIpc) is 2.58. The minimum absolute atomic E-state index is 0.0861. The molecule has 5 nitrogen and oxygen atoms in total. The number of hydrogen-bond donors (Lipinski definition) is 2. The molecule has 24 heavy (non-hydrogen) atoms. The van der Waals surface area contributed by atoms with E-state index in [4.69, 9.17) is 0 Å². The van der Waals surface area contributed by atoms with E-state index in [1.165, 1.54) is 25.5 Å². The lowest BCUT2D eigenvalue weighted by atomic mass is 9.85. The van der Waals surface area contributed by atoms with Crippen molar-refractivity contribution in [3.8, 4) is 0 Å². The smallest absolute Gasteiger partial charge is 0.220 e. The van der Waals surface area contributed by atoms with Crippen molar-refractivity contribution in [3.63, 3.8) is 0 Å². The van der Waals surface area contributed by atoms with Gasteiger partial charge in [0.1, 0.15) is 0 Å². The van der Waals surface area contributed by atoms with Gasteiger partial charge in [-0.3, -0.25) is 4.79 Å². The second-order valence-electron chi connectivity index (χ2n) is 6.69. The first-order valence-electron chi connectivity index (χ1n) is 8.60. The summed E-state index contributed by atoms with van der Waals surface area (Å²) in [4.78, 5) is 12.2. The number of aliphatic hydroxyl groups is 1. The van der Waals surface area contributed by atoms with E-state index in [2.05, 4.69) is 5.32 Å². The lowest BCUT2D eigenvalue weighted by Gasteiger charge is -2.26.